The average molecular weight is 260 g/mol. The van der Waals surface area contributed by atoms with Crippen LogP contribution in [0.4, 0.5) is 11.4 Å². The van der Waals surface area contributed by atoms with Crippen LogP contribution in [-0.4, -0.2) is 17.0 Å². The van der Waals surface area contributed by atoms with E-state index in [1.165, 1.54) is 0 Å². The molecule has 5 heteroatoms. The van der Waals surface area contributed by atoms with Crippen molar-refractivity contribution < 1.29 is 14.7 Å². The second-order valence-electron chi connectivity index (χ2n) is 4.68. The number of rotatable bonds is 3. The zero-order valence-electron chi connectivity index (χ0n) is 10.4. The molecule has 0 fully saturated rings. The maximum atomic E-state index is 12.3. The fourth-order valence-corrected chi connectivity index (χ4v) is 2.20. The first-order valence-corrected chi connectivity index (χ1v) is 6.10. The lowest BCUT2D eigenvalue weighted by molar-refractivity contribution is -0.154. The van der Waals surface area contributed by atoms with Gasteiger partial charge in [0, 0.05) is 11.4 Å². The van der Waals surface area contributed by atoms with Crippen molar-refractivity contribution in [3.63, 3.8) is 0 Å². The third-order valence-electron chi connectivity index (χ3n) is 3.36. The Morgan fingerprint density at radius 2 is 2.11 bits per heavy atom. The number of amides is 1. The standard InChI is InChI=1S/C14H16N2O3/c15-10-5-4-6-11(9-10)16-12(17)14(13(18)19)7-2-1-3-8-14/h1-2,4-6,9H,3,7-8,15H2,(H,16,17)(H,18,19). The molecule has 1 amide bonds. The zero-order valence-corrected chi connectivity index (χ0v) is 10.4. The van der Waals surface area contributed by atoms with Gasteiger partial charge in [-0.2, -0.15) is 0 Å². The lowest BCUT2D eigenvalue weighted by Gasteiger charge is -2.29. The second kappa shape index (κ2) is 5.14. The summed E-state index contributed by atoms with van der Waals surface area (Å²) in [7, 11) is 0. The number of hydrogen-bond donors (Lipinski definition) is 3. The molecule has 0 saturated heterocycles. The van der Waals surface area contributed by atoms with E-state index in [2.05, 4.69) is 5.32 Å². The van der Waals surface area contributed by atoms with Crippen molar-refractivity contribution in [2.45, 2.75) is 19.3 Å². The number of nitrogens with one attached hydrogen (secondary N) is 1. The van der Waals surface area contributed by atoms with Crippen molar-refractivity contribution in [3.8, 4) is 0 Å². The summed E-state index contributed by atoms with van der Waals surface area (Å²) in [5.41, 5.74) is 5.28. The molecule has 5 nitrogen and oxygen atoms in total. The van der Waals surface area contributed by atoms with Gasteiger partial charge in [-0.3, -0.25) is 9.59 Å². The van der Waals surface area contributed by atoms with Crippen LogP contribution < -0.4 is 11.1 Å². The minimum absolute atomic E-state index is 0.219. The first-order valence-electron chi connectivity index (χ1n) is 6.10. The van der Waals surface area contributed by atoms with Gasteiger partial charge < -0.3 is 16.2 Å². The van der Waals surface area contributed by atoms with Crippen LogP contribution in [0.3, 0.4) is 0 Å². The van der Waals surface area contributed by atoms with Crippen LogP contribution in [0.1, 0.15) is 19.3 Å². The first kappa shape index (κ1) is 13.1. The normalized spacial score (nSPS) is 21.9. The van der Waals surface area contributed by atoms with Gasteiger partial charge in [0.05, 0.1) is 0 Å². The second-order valence-corrected chi connectivity index (χ2v) is 4.68. The van der Waals surface area contributed by atoms with Crippen molar-refractivity contribution in [3.05, 3.63) is 36.4 Å². The van der Waals surface area contributed by atoms with Gasteiger partial charge in [-0.05, 0) is 37.5 Å². The average Bonchev–Trinajstić information content (AvgIpc) is 2.39. The van der Waals surface area contributed by atoms with E-state index in [0.717, 1.165) is 0 Å². The number of nitrogens with two attached hydrogens (primary N) is 1. The molecule has 1 aromatic carbocycles. The number of allylic oxidation sites excluding steroid dienone is 2. The van der Waals surface area contributed by atoms with E-state index in [1.807, 2.05) is 6.08 Å². The fourth-order valence-electron chi connectivity index (χ4n) is 2.20. The van der Waals surface area contributed by atoms with Crippen molar-refractivity contribution in [2.75, 3.05) is 11.1 Å². The van der Waals surface area contributed by atoms with E-state index in [0.29, 0.717) is 24.2 Å². The molecule has 1 aliphatic carbocycles. The molecule has 0 heterocycles. The van der Waals surface area contributed by atoms with Crippen molar-refractivity contribution in [1.82, 2.24) is 0 Å². The number of carbonyl (C=O) groups is 2. The minimum Gasteiger partial charge on any atom is -0.480 e. The maximum Gasteiger partial charge on any atom is 0.319 e. The highest BCUT2D eigenvalue weighted by Crippen LogP contribution is 2.34. The van der Waals surface area contributed by atoms with E-state index in [-0.39, 0.29) is 6.42 Å². The predicted octanol–water partition coefficient (Wildman–Crippen LogP) is 2.02. The summed E-state index contributed by atoms with van der Waals surface area (Å²) in [6.45, 7) is 0. The Morgan fingerprint density at radius 3 is 2.68 bits per heavy atom. The molecular formula is C14H16N2O3. The molecular weight excluding hydrogens is 244 g/mol. The molecule has 1 atom stereocenters. The molecule has 0 radical (unpaired) electrons. The Bertz CT molecular complexity index is 539. The number of benzene rings is 1. The monoisotopic (exact) mass is 260 g/mol. The van der Waals surface area contributed by atoms with Crippen LogP contribution in [0.15, 0.2) is 36.4 Å². The zero-order chi connectivity index (χ0) is 13.9. The molecule has 0 saturated carbocycles. The summed E-state index contributed by atoms with van der Waals surface area (Å²) in [5, 5.41) is 12.0. The maximum absolute atomic E-state index is 12.3. The van der Waals surface area contributed by atoms with Gasteiger partial charge in [0.2, 0.25) is 5.91 Å². The van der Waals surface area contributed by atoms with Crippen molar-refractivity contribution >= 4 is 23.3 Å². The minimum atomic E-state index is -1.38. The van der Waals surface area contributed by atoms with Crippen molar-refractivity contribution in [2.24, 2.45) is 5.41 Å². The van der Waals surface area contributed by atoms with Crippen LogP contribution in [-0.2, 0) is 9.59 Å². The summed E-state index contributed by atoms with van der Waals surface area (Å²) in [4.78, 5) is 23.7. The number of hydrogen-bond acceptors (Lipinski definition) is 3. The Labute approximate surface area is 111 Å². The Hall–Kier alpha value is -2.30. The van der Waals surface area contributed by atoms with Gasteiger partial charge in [0.15, 0.2) is 0 Å². The summed E-state index contributed by atoms with van der Waals surface area (Å²) in [6.07, 6.45) is 4.77. The molecule has 19 heavy (non-hydrogen) atoms. The third kappa shape index (κ3) is 2.59. The first-order chi connectivity index (χ1) is 9.04. The number of carboxylic acid groups (broad SMARTS) is 1. The van der Waals surface area contributed by atoms with Gasteiger partial charge >= 0.3 is 5.97 Å². The fraction of sp³-hybridized carbons (Fsp3) is 0.286. The SMILES string of the molecule is Nc1cccc(NC(=O)C2(C(=O)O)CC=CCC2)c1. The molecule has 0 spiro atoms. The van der Waals surface area contributed by atoms with E-state index in [9.17, 15) is 14.7 Å². The molecule has 4 N–H and O–H groups in total. The highest BCUT2D eigenvalue weighted by Gasteiger charge is 2.45. The molecule has 100 valence electrons. The number of nitrogen functional groups attached to an aromatic ring is 1. The number of anilines is 2. The van der Waals surface area contributed by atoms with E-state index in [1.54, 1.807) is 30.3 Å². The quantitative estimate of drug-likeness (QED) is 0.440. The summed E-state index contributed by atoms with van der Waals surface area (Å²) < 4.78 is 0. The molecule has 0 aliphatic heterocycles. The van der Waals surface area contributed by atoms with E-state index < -0.39 is 17.3 Å². The van der Waals surface area contributed by atoms with Gasteiger partial charge in [0.25, 0.3) is 0 Å². The van der Waals surface area contributed by atoms with Crippen LogP contribution in [0.25, 0.3) is 0 Å². The van der Waals surface area contributed by atoms with E-state index >= 15 is 0 Å². The highest BCUT2D eigenvalue weighted by molar-refractivity contribution is 6.08. The van der Waals surface area contributed by atoms with Crippen LogP contribution in [0, 0.1) is 5.41 Å². The molecule has 0 bridgehead atoms. The predicted molar refractivity (Wildman–Crippen MR) is 72.5 cm³/mol. The van der Waals surface area contributed by atoms with Crippen molar-refractivity contribution in [1.29, 1.82) is 0 Å². The summed E-state index contributed by atoms with van der Waals surface area (Å²) in [5.74, 6) is -1.58. The lowest BCUT2D eigenvalue weighted by Crippen LogP contribution is -2.43. The Morgan fingerprint density at radius 1 is 1.32 bits per heavy atom. The highest BCUT2D eigenvalue weighted by atomic mass is 16.4. The Kier molecular flexibility index (Phi) is 3.55. The number of carbonyl (C=O) groups excluding carboxylic acids is 1. The Balaban J connectivity index is 2.21. The summed E-state index contributed by atoms with van der Waals surface area (Å²) in [6, 6.07) is 6.69. The molecule has 1 unspecified atom stereocenters. The molecule has 2 rings (SSSR count). The smallest absolute Gasteiger partial charge is 0.319 e. The van der Waals surface area contributed by atoms with Gasteiger partial charge in [-0.25, -0.2) is 0 Å². The number of aliphatic carboxylic acids is 1. The lowest BCUT2D eigenvalue weighted by atomic mass is 9.76. The van der Waals surface area contributed by atoms with Crippen LogP contribution >= 0.6 is 0 Å². The molecule has 1 aliphatic rings. The number of carboxylic acids is 1. The van der Waals surface area contributed by atoms with E-state index in [4.69, 9.17) is 5.73 Å². The third-order valence-corrected chi connectivity index (χ3v) is 3.36. The van der Waals surface area contributed by atoms with Gasteiger partial charge in [0.1, 0.15) is 5.41 Å². The molecule has 1 aromatic rings. The van der Waals surface area contributed by atoms with Crippen LogP contribution in [0.5, 0.6) is 0 Å². The van der Waals surface area contributed by atoms with Gasteiger partial charge in [-0.1, -0.05) is 18.2 Å². The van der Waals surface area contributed by atoms with Gasteiger partial charge in [-0.15, -0.1) is 0 Å². The molecule has 0 aromatic heterocycles. The van der Waals surface area contributed by atoms with Crippen LogP contribution in [0.2, 0.25) is 0 Å². The topological polar surface area (TPSA) is 92.4 Å². The summed E-state index contributed by atoms with van der Waals surface area (Å²) >= 11 is 0. The largest absolute Gasteiger partial charge is 0.480 e.